The third-order valence-electron chi connectivity index (χ3n) is 5.12. The lowest BCUT2D eigenvalue weighted by atomic mass is 10.1. The highest BCUT2D eigenvalue weighted by molar-refractivity contribution is 6.04. The molecule has 4 aromatic rings. The summed E-state index contributed by atoms with van der Waals surface area (Å²) in [6.07, 6.45) is 12.1. The van der Waals surface area contributed by atoms with Crippen molar-refractivity contribution >= 4 is 17.3 Å². The number of aromatic amines is 1. The second kappa shape index (κ2) is 10.4. The molecular formula is C24H25N7O2. The summed E-state index contributed by atoms with van der Waals surface area (Å²) in [7, 11) is 0. The predicted octanol–water partition coefficient (Wildman–Crippen LogP) is 3.35. The number of anilines is 2. The number of hydrogen-bond acceptors (Lipinski definition) is 6. The number of aromatic nitrogens is 5. The number of hydrogen-bond donors (Lipinski definition) is 3. The number of pyridine rings is 1. The van der Waals surface area contributed by atoms with Gasteiger partial charge in [0, 0.05) is 54.7 Å². The summed E-state index contributed by atoms with van der Waals surface area (Å²) in [5, 5.41) is 6.03. The number of nitrogens with zero attached hydrogens (tertiary/aromatic N) is 4. The van der Waals surface area contributed by atoms with Crippen molar-refractivity contribution < 1.29 is 4.79 Å². The van der Waals surface area contributed by atoms with Crippen LogP contribution in [0.4, 0.5) is 11.4 Å². The van der Waals surface area contributed by atoms with Crippen molar-refractivity contribution in [2.45, 2.75) is 26.3 Å². The Kier molecular flexibility index (Phi) is 6.89. The number of benzene rings is 1. The third-order valence-corrected chi connectivity index (χ3v) is 5.12. The molecule has 9 nitrogen and oxygen atoms in total. The maximum atomic E-state index is 12.7. The quantitative estimate of drug-likeness (QED) is 0.342. The normalized spacial score (nSPS) is 10.7. The Hall–Kier alpha value is -4.27. The van der Waals surface area contributed by atoms with Crippen molar-refractivity contribution in [1.82, 2.24) is 24.5 Å². The zero-order valence-corrected chi connectivity index (χ0v) is 18.3. The first-order chi connectivity index (χ1) is 16.1. The number of carbonyl (C=O) groups excluding carboxylic acids is 1. The second-order valence-electron chi connectivity index (χ2n) is 7.49. The van der Waals surface area contributed by atoms with Gasteiger partial charge in [0.2, 0.25) is 0 Å². The molecule has 0 aliphatic heterocycles. The van der Waals surface area contributed by atoms with E-state index in [9.17, 15) is 9.59 Å². The summed E-state index contributed by atoms with van der Waals surface area (Å²) in [4.78, 5) is 40.3. The fraction of sp³-hybridized carbons (Fsp3) is 0.208. The number of nitrogens with one attached hydrogen (secondary N) is 3. The number of carbonyl (C=O) groups is 1. The summed E-state index contributed by atoms with van der Waals surface area (Å²) in [5.74, 6) is -0.363. The Labute approximate surface area is 191 Å². The van der Waals surface area contributed by atoms with Gasteiger partial charge >= 0.3 is 0 Å². The minimum Gasteiger partial charge on any atom is -0.385 e. The standard InChI is InChI=1S/C24H25N7O2/c1-2-19-14-26-15-22(29-19)18-12-21(24(33)28-13-18)30-23(32)17-4-6-20(7-5-17)27-8-3-10-31-11-9-25-16-31/h4-7,9,11-16,27H,2-3,8,10H2,1H3,(H,28,33)(H,30,32). The van der Waals surface area contributed by atoms with Gasteiger partial charge in [0.15, 0.2) is 0 Å². The smallest absolute Gasteiger partial charge is 0.271 e. The Morgan fingerprint density at radius 1 is 1.15 bits per heavy atom. The summed E-state index contributed by atoms with van der Waals surface area (Å²) >= 11 is 0. The molecule has 33 heavy (non-hydrogen) atoms. The molecule has 3 heterocycles. The van der Waals surface area contributed by atoms with Crippen molar-refractivity contribution in [3.63, 3.8) is 0 Å². The molecule has 0 atom stereocenters. The van der Waals surface area contributed by atoms with Crippen LogP contribution < -0.4 is 16.2 Å². The zero-order chi connectivity index (χ0) is 23.0. The average Bonchev–Trinajstić information content (AvgIpc) is 3.37. The Morgan fingerprint density at radius 2 is 2.00 bits per heavy atom. The fourth-order valence-electron chi connectivity index (χ4n) is 3.29. The van der Waals surface area contributed by atoms with E-state index in [1.165, 1.54) is 0 Å². The average molecular weight is 444 g/mol. The molecule has 0 radical (unpaired) electrons. The molecular weight excluding hydrogens is 418 g/mol. The zero-order valence-electron chi connectivity index (χ0n) is 18.3. The van der Waals surface area contributed by atoms with E-state index in [2.05, 4.69) is 30.6 Å². The first-order valence-electron chi connectivity index (χ1n) is 10.8. The largest absolute Gasteiger partial charge is 0.385 e. The number of imidazole rings is 1. The van der Waals surface area contributed by atoms with Gasteiger partial charge in [-0.15, -0.1) is 0 Å². The molecule has 0 aliphatic carbocycles. The lowest BCUT2D eigenvalue weighted by Gasteiger charge is -2.09. The van der Waals surface area contributed by atoms with E-state index in [-0.39, 0.29) is 17.2 Å². The molecule has 0 saturated heterocycles. The molecule has 4 rings (SSSR count). The molecule has 1 aromatic carbocycles. The first-order valence-corrected chi connectivity index (χ1v) is 10.8. The van der Waals surface area contributed by atoms with Crippen LogP contribution in [0.5, 0.6) is 0 Å². The van der Waals surface area contributed by atoms with Crippen LogP contribution in [0.2, 0.25) is 0 Å². The van der Waals surface area contributed by atoms with Crippen LogP contribution >= 0.6 is 0 Å². The Morgan fingerprint density at radius 3 is 2.76 bits per heavy atom. The van der Waals surface area contributed by atoms with E-state index in [0.29, 0.717) is 16.8 Å². The van der Waals surface area contributed by atoms with Gasteiger partial charge in [0.25, 0.3) is 11.5 Å². The maximum absolute atomic E-state index is 12.7. The van der Waals surface area contributed by atoms with Gasteiger partial charge in [-0.25, -0.2) is 9.97 Å². The molecule has 168 valence electrons. The van der Waals surface area contributed by atoms with Gasteiger partial charge in [-0.2, -0.15) is 0 Å². The number of rotatable bonds is 9. The molecule has 1 amide bonds. The Balaban J connectivity index is 1.38. The highest BCUT2D eigenvalue weighted by Gasteiger charge is 2.11. The molecule has 0 unspecified atom stereocenters. The van der Waals surface area contributed by atoms with E-state index in [4.69, 9.17) is 0 Å². The van der Waals surface area contributed by atoms with Crippen LogP contribution in [0.1, 0.15) is 29.4 Å². The van der Waals surface area contributed by atoms with Crippen LogP contribution in [0.15, 0.2) is 72.4 Å². The molecule has 0 spiro atoms. The molecule has 0 aliphatic rings. The predicted molar refractivity (Wildman–Crippen MR) is 127 cm³/mol. The lowest BCUT2D eigenvalue weighted by molar-refractivity contribution is 0.102. The van der Waals surface area contributed by atoms with E-state index in [0.717, 1.165) is 37.3 Å². The molecule has 3 N–H and O–H groups in total. The van der Waals surface area contributed by atoms with Gasteiger partial charge in [0.1, 0.15) is 5.69 Å². The summed E-state index contributed by atoms with van der Waals surface area (Å²) in [6, 6.07) is 8.75. The van der Waals surface area contributed by atoms with Crippen molar-refractivity contribution in [1.29, 1.82) is 0 Å². The number of aryl methyl sites for hydroxylation is 2. The summed E-state index contributed by atoms with van der Waals surface area (Å²) < 4.78 is 2.03. The molecule has 9 heteroatoms. The van der Waals surface area contributed by atoms with Gasteiger partial charge in [-0.05, 0) is 43.2 Å². The van der Waals surface area contributed by atoms with Crippen molar-refractivity contribution in [3.05, 3.63) is 89.3 Å². The minimum atomic E-state index is -0.386. The topological polar surface area (TPSA) is 118 Å². The van der Waals surface area contributed by atoms with E-state index >= 15 is 0 Å². The molecule has 0 fully saturated rings. The molecule has 0 bridgehead atoms. The lowest BCUT2D eigenvalue weighted by Crippen LogP contribution is -2.19. The van der Waals surface area contributed by atoms with E-state index in [1.807, 2.05) is 29.8 Å². The van der Waals surface area contributed by atoms with Crippen LogP contribution in [-0.4, -0.2) is 37.0 Å². The third kappa shape index (κ3) is 5.70. The van der Waals surface area contributed by atoms with Crippen molar-refractivity contribution in [3.8, 4) is 11.3 Å². The van der Waals surface area contributed by atoms with Crippen LogP contribution in [0.25, 0.3) is 11.3 Å². The monoisotopic (exact) mass is 443 g/mol. The first kappa shape index (κ1) is 21.9. The minimum absolute atomic E-state index is 0.155. The van der Waals surface area contributed by atoms with Gasteiger partial charge in [-0.1, -0.05) is 6.92 Å². The Bertz CT molecular complexity index is 1260. The van der Waals surface area contributed by atoms with Crippen molar-refractivity contribution in [2.24, 2.45) is 0 Å². The summed E-state index contributed by atoms with van der Waals surface area (Å²) in [6.45, 7) is 3.68. The second-order valence-corrected chi connectivity index (χ2v) is 7.49. The van der Waals surface area contributed by atoms with Gasteiger partial charge in [-0.3, -0.25) is 14.6 Å². The van der Waals surface area contributed by atoms with Crippen molar-refractivity contribution in [2.75, 3.05) is 17.2 Å². The fourth-order valence-corrected chi connectivity index (χ4v) is 3.29. The van der Waals surface area contributed by atoms with Gasteiger partial charge in [0.05, 0.1) is 23.9 Å². The van der Waals surface area contributed by atoms with Crippen LogP contribution in [0, 0.1) is 0 Å². The molecule has 0 saturated carbocycles. The van der Waals surface area contributed by atoms with Gasteiger partial charge < -0.3 is 20.2 Å². The van der Waals surface area contributed by atoms with Crippen LogP contribution in [-0.2, 0) is 13.0 Å². The van der Waals surface area contributed by atoms with E-state index < -0.39 is 0 Å². The SMILES string of the molecule is CCc1cncc(-c2c[nH]c(=O)c(NC(=O)c3ccc(NCCCn4ccnc4)cc3)c2)n1. The maximum Gasteiger partial charge on any atom is 0.271 e. The highest BCUT2D eigenvalue weighted by Crippen LogP contribution is 2.18. The number of H-pyrrole nitrogens is 1. The molecule has 3 aromatic heterocycles. The van der Waals surface area contributed by atoms with E-state index in [1.54, 1.807) is 49.3 Å². The summed E-state index contributed by atoms with van der Waals surface area (Å²) in [5.41, 5.74) is 3.29. The number of amides is 1. The highest BCUT2D eigenvalue weighted by atomic mass is 16.2. The van der Waals surface area contributed by atoms with Crippen LogP contribution in [0.3, 0.4) is 0 Å².